The Labute approximate surface area is 113 Å². The summed E-state index contributed by atoms with van der Waals surface area (Å²) in [5, 5.41) is 7.64. The number of carbonyl (C=O) groups is 1. The molecule has 0 aliphatic carbocycles. The molecule has 1 atom stereocenters. The predicted molar refractivity (Wildman–Crippen MR) is 72.2 cm³/mol. The number of amides is 1. The monoisotopic (exact) mass is 266 g/mol. The zero-order valence-electron chi connectivity index (χ0n) is 11.6. The zero-order chi connectivity index (χ0) is 13.8. The maximum atomic E-state index is 11.4. The summed E-state index contributed by atoms with van der Waals surface area (Å²) in [7, 11) is 1.76. The second-order valence-electron chi connectivity index (χ2n) is 5.04. The summed E-state index contributed by atoms with van der Waals surface area (Å²) in [6.07, 6.45) is 4.65. The Morgan fingerprint density at radius 1 is 1.58 bits per heavy atom. The van der Waals surface area contributed by atoms with Crippen LogP contribution in [0.5, 0.6) is 5.88 Å². The van der Waals surface area contributed by atoms with Crippen LogP contribution in [0.1, 0.15) is 41.7 Å². The highest BCUT2D eigenvalue weighted by Gasteiger charge is 2.20. The van der Waals surface area contributed by atoms with Gasteiger partial charge in [0, 0.05) is 13.1 Å². The van der Waals surface area contributed by atoms with Crippen molar-refractivity contribution in [3.05, 3.63) is 11.3 Å². The standard InChI is InChI=1S/C13H22N4O2/c1-9-11(12(14)18)13(17(2)16-9)19-8-6-10-5-3-4-7-15-10/h10,15H,3-8H2,1-2H3,(H2,14,18). The van der Waals surface area contributed by atoms with E-state index < -0.39 is 5.91 Å². The molecule has 0 saturated carbocycles. The summed E-state index contributed by atoms with van der Waals surface area (Å²) in [5.74, 6) is -0.0165. The van der Waals surface area contributed by atoms with E-state index >= 15 is 0 Å². The van der Waals surface area contributed by atoms with Gasteiger partial charge >= 0.3 is 0 Å². The van der Waals surface area contributed by atoms with E-state index in [9.17, 15) is 4.79 Å². The van der Waals surface area contributed by atoms with Crippen molar-refractivity contribution >= 4 is 5.91 Å². The number of aryl methyl sites for hydroxylation is 2. The molecule has 6 nitrogen and oxygen atoms in total. The largest absolute Gasteiger partial charge is 0.477 e. The first kappa shape index (κ1) is 13.9. The zero-order valence-corrected chi connectivity index (χ0v) is 11.6. The molecule has 1 saturated heterocycles. The lowest BCUT2D eigenvalue weighted by Gasteiger charge is -2.23. The van der Waals surface area contributed by atoms with Gasteiger partial charge in [-0.15, -0.1) is 0 Å². The van der Waals surface area contributed by atoms with E-state index in [4.69, 9.17) is 10.5 Å². The molecule has 1 aliphatic rings. The molecule has 1 unspecified atom stereocenters. The van der Waals surface area contributed by atoms with Gasteiger partial charge in [-0.25, -0.2) is 4.68 Å². The number of ether oxygens (including phenoxy) is 1. The highest BCUT2D eigenvalue weighted by Crippen LogP contribution is 2.21. The molecule has 1 fully saturated rings. The Morgan fingerprint density at radius 2 is 2.37 bits per heavy atom. The number of nitrogens with one attached hydrogen (secondary N) is 1. The summed E-state index contributed by atoms with van der Waals surface area (Å²) in [4.78, 5) is 11.4. The van der Waals surface area contributed by atoms with E-state index in [-0.39, 0.29) is 0 Å². The van der Waals surface area contributed by atoms with E-state index in [0.717, 1.165) is 13.0 Å². The summed E-state index contributed by atoms with van der Waals surface area (Å²) in [6.45, 7) is 3.41. The van der Waals surface area contributed by atoms with Crippen LogP contribution in [0.25, 0.3) is 0 Å². The van der Waals surface area contributed by atoms with Crippen molar-refractivity contribution in [1.82, 2.24) is 15.1 Å². The van der Waals surface area contributed by atoms with Gasteiger partial charge in [0.1, 0.15) is 5.56 Å². The first-order chi connectivity index (χ1) is 9.09. The lowest BCUT2D eigenvalue weighted by molar-refractivity contribution is 0.0995. The lowest BCUT2D eigenvalue weighted by atomic mass is 10.0. The van der Waals surface area contributed by atoms with Gasteiger partial charge in [0.2, 0.25) is 5.88 Å². The molecule has 1 aliphatic heterocycles. The van der Waals surface area contributed by atoms with Crippen molar-refractivity contribution in [3.63, 3.8) is 0 Å². The average molecular weight is 266 g/mol. The molecule has 6 heteroatoms. The van der Waals surface area contributed by atoms with Crippen LogP contribution in [-0.2, 0) is 7.05 Å². The number of rotatable bonds is 5. The molecule has 1 aromatic heterocycles. The second-order valence-corrected chi connectivity index (χ2v) is 5.04. The maximum Gasteiger partial charge on any atom is 0.256 e. The Hall–Kier alpha value is -1.56. The topological polar surface area (TPSA) is 82.2 Å². The smallest absolute Gasteiger partial charge is 0.256 e. The fourth-order valence-electron chi connectivity index (χ4n) is 2.55. The van der Waals surface area contributed by atoms with E-state index in [2.05, 4.69) is 10.4 Å². The van der Waals surface area contributed by atoms with Crippen molar-refractivity contribution < 1.29 is 9.53 Å². The Morgan fingerprint density at radius 3 is 3.00 bits per heavy atom. The quantitative estimate of drug-likeness (QED) is 0.823. The predicted octanol–water partition coefficient (Wildman–Crippen LogP) is 0.738. The van der Waals surface area contributed by atoms with Gasteiger partial charge in [-0.3, -0.25) is 4.79 Å². The number of nitrogens with two attached hydrogens (primary N) is 1. The molecule has 19 heavy (non-hydrogen) atoms. The minimum absolute atomic E-state index is 0.388. The SMILES string of the molecule is Cc1nn(C)c(OCCC2CCCCN2)c1C(N)=O. The number of hydrogen-bond acceptors (Lipinski definition) is 4. The van der Waals surface area contributed by atoms with Gasteiger partial charge in [0.05, 0.1) is 12.3 Å². The molecule has 2 rings (SSSR count). The van der Waals surface area contributed by atoms with Crippen LogP contribution in [0.15, 0.2) is 0 Å². The number of primary amides is 1. The minimum Gasteiger partial charge on any atom is -0.477 e. The van der Waals surface area contributed by atoms with Gasteiger partial charge in [-0.05, 0) is 32.7 Å². The Bertz CT molecular complexity index is 450. The van der Waals surface area contributed by atoms with E-state index in [1.165, 1.54) is 19.3 Å². The minimum atomic E-state index is -0.489. The first-order valence-corrected chi connectivity index (χ1v) is 6.79. The number of piperidine rings is 1. The first-order valence-electron chi connectivity index (χ1n) is 6.79. The molecule has 0 aromatic carbocycles. The van der Waals surface area contributed by atoms with Crippen LogP contribution in [0.3, 0.4) is 0 Å². The molecule has 3 N–H and O–H groups in total. The number of hydrogen-bond donors (Lipinski definition) is 2. The second kappa shape index (κ2) is 6.06. The van der Waals surface area contributed by atoms with Crippen molar-refractivity contribution in [2.75, 3.05) is 13.2 Å². The van der Waals surface area contributed by atoms with E-state index in [1.54, 1.807) is 18.7 Å². The Balaban J connectivity index is 1.93. The number of aromatic nitrogens is 2. The van der Waals surface area contributed by atoms with Gasteiger partial charge in [-0.2, -0.15) is 5.10 Å². The maximum absolute atomic E-state index is 11.4. The van der Waals surface area contributed by atoms with Gasteiger partial charge in [-0.1, -0.05) is 6.42 Å². The molecule has 1 amide bonds. The summed E-state index contributed by atoms with van der Waals surface area (Å²) in [5.41, 5.74) is 6.36. The fraction of sp³-hybridized carbons (Fsp3) is 0.692. The summed E-state index contributed by atoms with van der Waals surface area (Å²) >= 11 is 0. The van der Waals surface area contributed by atoms with Crippen LogP contribution in [0, 0.1) is 6.92 Å². The fourth-order valence-corrected chi connectivity index (χ4v) is 2.55. The van der Waals surface area contributed by atoms with Crippen molar-refractivity contribution in [2.24, 2.45) is 12.8 Å². The van der Waals surface area contributed by atoms with Gasteiger partial charge in [0.15, 0.2) is 0 Å². The molecule has 2 heterocycles. The van der Waals surface area contributed by atoms with Crippen LogP contribution in [0.4, 0.5) is 0 Å². The average Bonchev–Trinajstić information content (AvgIpc) is 2.65. The lowest BCUT2D eigenvalue weighted by Crippen LogP contribution is -2.35. The van der Waals surface area contributed by atoms with Crippen molar-refractivity contribution in [2.45, 2.75) is 38.6 Å². The van der Waals surface area contributed by atoms with Gasteiger partial charge in [0.25, 0.3) is 5.91 Å². The molecular formula is C13H22N4O2. The molecule has 1 aromatic rings. The third-order valence-corrected chi connectivity index (χ3v) is 3.53. The van der Waals surface area contributed by atoms with Crippen molar-refractivity contribution in [1.29, 1.82) is 0 Å². The van der Waals surface area contributed by atoms with E-state index in [1.807, 2.05) is 0 Å². The molecule has 0 radical (unpaired) electrons. The third-order valence-electron chi connectivity index (χ3n) is 3.53. The van der Waals surface area contributed by atoms with Crippen LogP contribution < -0.4 is 15.8 Å². The summed E-state index contributed by atoms with van der Waals surface area (Å²) in [6, 6.07) is 0.514. The molecule has 0 bridgehead atoms. The van der Waals surface area contributed by atoms with Crippen LogP contribution in [-0.4, -0.2) is 34.9 Å². The number of carbonyl (C=O) groups excluding carboxylic acids is 1. The van der Waals surface area contributed by atoms with Crippen molar-refractivity contribution in [3.8, 4) is 5.88 Å². The molecule has 0 spiro atoms. The number of nitrogens with zero attached hydrogens (tertiary/aromatic N) is 2. The van der Waals surface area contributed by atoms with Crippen LogP contribution in [0.2, 0.25) is 0 Å². The summed E-state index contributed by atoms with van der Waals surface area (Å²) < 4.78 is 7.29. The van der Waals surface area contributed by atoms with Crippen LogP contribution >= 0.6 is 0 Å². The highest BCUT2D eigenvalue weighted by molar-refractivity contribution is 5.96. The highest BCUT2D eigenvalue weighted by atomic mass is 16.5. The molecule has 106 valence electrons. The van der Waals surface area contributed by atoms with Gasteiger partial charge < -0.3 is 15.8 Å². The normalized spacial score (nSPS) is 19.4. The Kier molecular flexibility index (Phi) is 4.42. The molecular weight excluding hydrogens is 244 g/mol. The van der Waals surface area contributed by atoms with E-state index in [0.29, 0.717) is 29.8 Å². The third kappa shape index (κ3) is 3.26.